The van der Waals surface area contributed by atoms with Crippen molar-refractivity contribution in [3.05, 3.63) is 28.8 Å². The van der Waals surface area contributed by atoms with E-state index >= 15 is 0 Å². The summed E-state index contributed by atoms with van der Waals surface area (Å²) in [6.45, 7) is 3.75. The van der Waals surface area contributed by atoms with Gasteiger partial charge in [-0.25, -0.2) is 0 Å². The van der Waals surface area contributed by atoms with Crippen molar-refractivity contribution < 1.29 is 9.90 Å². The summed E-state index contributed by atoms with van der Waals surface area (Å²) in [6, 6.07) is 5.60. The molecule has 98 valence electrons. The molecule has 1 heterocycles. The minimum Gasteiger partial charge on any atom is -0.481 e. The summed E-state index contributed by atoms with van der Waals surface area (Å²) >= 11 is 6.28. The molecule has 1 aliphatic rings. The van der Waals surface area contributed by atoms with Crippen LogP contribution in [0, 0.1) is 0 Å². The number of carboxylic acids is 1. The Kier molecular flexibility index (Phi) is 4.12. The predicted molar refractivity (Wildman–Crippen MR) is 73.6 cm³/mol. The van der Waals surface area contributed by atoms with Crippen LogP contribution in [0.3, 0.4) is 0 Å². The Hall–Kier alpha value is -1.22. The standard InChI is InChI=1S/C14H18ClNO2/c1-10(14(17)18)11-5-6-13(12(15)9-11)16-7-3-2-4-8-16/h5-6,9-10H,2-4,7-8H2,1H3,(H,17,18). The van der Waals surface area contributed by atoms with Crippen LogP contribution >= 0.6 is 11.6 Å². The summed E-state index contributed by atoms with van der Waals surface area (Å²) in [6.07, 6.45) is 3.68. The minimum atomic E-state index is -0.822. The number of aliphatic carboxylic acids is 1. The lowest BCUT2D eigenvalue weighted by atomic mass is 10.0. The Morgan fingerprint density at radius 1 is 1.33 bits per heavy atom. The molecule has 1 atom stereocenters. The maximum Gasteiger partial charge on any atom is 0.310 e. The van der Waals surface area contributed by atoms with Crippen LogP contribution < -0.4 is 4.90 Å². The zero-order valence-corrected chi connectivity index (χ0v) is 11.3. The van der Waals surface area contributed by atoms with E-state index in [1.807, 2.05) is 12.1 Å². The first kappa shape index (κ1) is 13.2. The molecule has 1 aliphatic heterocycles. The molecule has 0 radical (unpaired) electrons. The third-order valence-electron chi connectivity index (χ3n) is 3.54. The lowest BCUT2D eigenvalue weighted by Gasteiger charge is -2.29. The van der Waals surface area contributed by atoms with Gasteiger partial charge in [-0.2, -0.15) is 0 Å². The van der Waals surface area contributed by atoms with E-state index in [9.17, 15) is 4.79 Å². The first-order valence-corrected chi connectivity index (χ1v) is 6.74. The third kappa shape index (κ3) is 2.78. The summed E-state index contributed by atoms with van der Waals surface area (Å²) in [7, 11) is 0. The molecule has 1 aromatic carbocycles. The highest BCUT2D eigenvalue weighted by atomic mass is 35.5. The summed E-state index contributed by atoms with van der Waals surface area (Å²) in [5, 5.41) is 9.65. The van der Waals surface area contributed by atoms with E-state index in [0.29, 0.717) is 5.02 Å². The van der Waals surface area contributed by atoms with Crippen LogP contribution in [0.4, 0.5) is 5.69 Å². The number of hydrogen-bond acceptors (Lipinski definition) is 2. The van der Waals surface area contributed by atoms with E-state index in [-0.39, 0.29) is 0 Å². The van der Waals surface area contributed by atoms with Crippen LogP contribution in [0.5, 0.6) is 0 Å². The molecule has 3 nitrogen and oxygen atoms in total. The van der Waals surface area contributed by atoms with Crippen molar-refractivity contribution in [2.75, 3.05) is 18.0 Å². The van der Waals surface area contributed by atoms with E-state index in [4.69, 9.17) is 16.7 Å². The second-order valence-electron chi connectivity index (χ2n) is 4.82. The summed E-state index contributed by atoms with van der Waals surface area (Å²) < 4.78 is 0. The first-order valence-electron chi connectivity index (χ1n) is 6.37. The van der Waals surface area contributed by atoms with Crippen molar-refractivity contribution >= 4 is 23.3 Å². The predicted octanol–water partition coefficient (Wildman–Crippen LogP) is 3.52. The van der Waals surface area contributed by atoms with E-state index < -0.39 is 11.9 Å². The molecule has 0 aromatic heterocycles. The molecular weight excluding hydrogens is 250 g/mol. The number of carbonyl (C=O) groups is 1. The van der Waals surface area contributed by atoms with E-state index in [2.05, 4.69) is 4.90 Å². The van der Waals surface area contributed by atoms with Gasteiger partial charge >= 0.3 is 5.97 Å². The first-order chi connectivity index (χ1) is 8.59. The average Bonchev–Trinajstić information content (AvgIpc) is 2.38. The van der Waals surface area contributed by atoms with Gasteiger partial charge in [0.1, 0.15) is 0 Å². The number of halogens is 1. The van der Waals surface area contributed by atoms with Gasteiger partial charge in [-0.15, -0.1) is 0 Å². The number of piperidine rings is 1. The van der Waals surface area contributed by atoms with Crippen molar-refractivity contribution in [1.29, 1.82) is 0 Å². The average molecular weight is 268 g/mol. The fourth-order valence-corrected chi connectivity index (χ4v) is 2.63. The molecule has 1 fully saturated rings. The molecule has 18 heavy (non-hydrogen) atoms. The van der Waals surface area contributed by atoms with Gasteiger partial charge in [-0.1, -0.05) is 17.7 Å². The Morgan fingerprint density at radius 2 is 2.00 bits per heavy atom. The minimum absolute atomic E-state index is 0.516. The Bertz CT molecular complexity index is 441. The molecule has 1 saturated heterocycles. The fraction of sp³-hybridized carbons (Fsp3) is 0.500. The number of nitrogens with zero attached hydrogens (tertiary/aromatic N) is 1. The maximum absolute atomic E-state index is 10.9. The lowest BCUT2D eigenvalue weighted by Crippen LogP contribution is -2.29. The number of anilines is 1. The van der Waals surface area contributed by atoms with Crippen LogP contribution in [0.1, 0.15) is 37.7 Å². The number of benzene rings is 1. The van der Waals surface area contributed by atoms with Gasteiger partial charge in [0.25, 0.3) is 0 Å². The summed E-state index contributed by atoms with van der Waals surface area (Å²) in [5.41, 5.74) is 1.78. The Labute approximate surface area is 112 Å². The maximum atomic E-state index is 10.9. The Morgan fingerprint density at radius 3 is 2.56 bits per heavy atom. The van der Waals surface area contributed by atoms with Crippen LogP contribution in [-0.4, -0.2) is 24.2 Å². The smallest absolute Gasteiger partial charge is 0.310 e. The van der Waals surface area contributed by atoms with Gasteiger partial charge < -0.3 is 10.0 Å². The van der Waals surface area contributed by atoms with Gasteiger partial charge in [0, 0.05) is 13.1 Å². The van der Waals surface area contributed by atoms with Crippen LogP contribution in [-0.2, 0) is 4.79 Å². The molecule has 4 heteroatoms. The Balaban J connectivity index is 2.21. The van der Waals surface area contributed by atoms with Gasteiger partial charge in [0.05, 0.1) is 16.6 Å². The quantitative estimate of drug-likeness (QED) is 0.911. The van der Waals surface area contributed by atoms with Crippen LogP contribution in [0.25, 0.3) is 0 Å². The molecule has 2 rings (SSSR count). The molecule has 1 N–H and O–H groups in total. The van der Waals surface area contributed by atoms with Crippen molar-refractivity contribution in [1.82, 2.24) is 0 Å². The highest BCUT2D eigenvalue weighted by Crippen LogP contribution is 2.31. The second kappa shape index (κ2) is 5.61. The topological polar surface area (TPSA) is 40.5 Å². The van der Waals surface area contributed by atoms with E-state index in [1.54, 1.807) is 13.0 Å². The van der Waals surface area contributed by atoms with Gasteiger partial charge in [-0.05, 0) is 43.9 Å². The second-order valence-corrected chi connectivity index (χ2v) is 5.23. The van der Waals surface area contributed by atoms with Crippen LogP contribution in [0.15, 0.2) is 18.2 Å². The van der Waals surface area contributed by atoms with Gasteiger partial charge in [0.2, 0.25) is 0 Å². The van der Waals surface area contributed by atoms with Crippen molar-refractivity contribution in [2.24, 2.45) is 0 Å². The van der Waals surface area contributed by atoms with E-state index in [0.717, 1.165) is 24.3 Å². The van der Waals surface area contributed by atoms with Crippen molar-refractivity contribution in [2.45, 2.75) is 32.1 Å². The highest BCUT2D eigenvalue weighted by Gasteiger charge is 2.18. The molecule has 0 aliphatic carbocycles. The lowest BCUT2D eigenvalue weighted by molar-refractivity contribution is -0.138. The summed E-state index contributed by atoms with van der Waals surface area (Å²) in [5.74, 6) is -1.34. The zero-order valence-electron chi connectivity index (χ0n) is 10.5. The number of hydrogen-bond donors (Lipinski definition) is 1. The number of carboxylic acid groups (broad SMARTS) is 1. The molecule has 1 aromatic rings. The van der Waals surface area contributed by atoms with E-state index in [1.165, 1.54) is 19.3 Å². The number of rotatable bonds is 3. The molecule has 0 saturated carbocycles. The molecule has 0 bridgehead atoms. The van der Waals surface area contributed by atoms with Gasteiger partial charge in [0.15, 0.2) is 0 Å². The van der Waals surface area contributed by atoms with Gasteiger partial charge in [-0.3, -0.25) is 4.79 Å². The normalized spacial score (nSPS) is 17.6. The highest BCUT2D eigenvalue weighted by molar-refractivity contribution is 6.33. The molecule has 1 unspecified atom stereocenters. The zero-order chi connectivity index (χ0) is 13.1. The third-order valence-corrected chi connectivity index (χ3v) is 3.84. The SMILES string of the molecule is CC(C(=O)O)c1ccc(N2CCCCC2)c(Cl)c1. The fourth-order valence-electron chi connectivity index (χ4n) is 2.33. The molecular formula is C14H18ClNO2. The molecule has 0 spiro atoms. The molecule has 0 amide bonds. The van der Waals surface area contributed by atoms with Crippen molar-refractivity contribution in [3.8, 4) is 0 Å². The van der Waals surface area contributed by atoms with Crippen molar-refractivity contribution in [3.63, 3.8) is 0 Å². The monoisotopic (exact) mass is 267 g/mol. The summed E-state index contributed by atoms with van der Waals surface area (Å²) in [4.78, 5) is 13.2. The van der Waals surface area contributed by atoms with Crippen LogP contribution in [0.2, 0.25) is 5.02 Å². The largest absolute Gasteiger partial charge is 0.481 e.